The zero-order valence-electron chi connectivity index (χ0n) is 8.51. The maximum Gasteiger partial charge on any atom is 0.156 e. The average Bonchev–Trinajstić information content (AvgIpc) is 2.82. The van der Waals surface area contributed by atoms with Gasteiger partial charge in [-0.05, 0) is 11.5 Å². The Labute approximate surface area is 92.2 Å². The van der Waals surface area contributed by atoms with Crippen molar-refractivity contribution in [1.82, 2.24) is 15.0 Å². The molecule has 0 fully saturated rings. The number of fused-ring (bicyclic) bond motifs is 1. The Kier molecular flexibility index (Phi) is 1.86. The lowest BCUT2D eigenvalue weighted by Crippen LogP contribution is -1.95. The van der Waals surface area contributed by atoms with E-state index in [9.17, 15) is 0 Å². The van der Waals surface area contributed by atoms with Crippen LogP contribution >= 0.6 is 0 Å². The molecular formula is C12H10N4. The summed E-state index contributed by atoms with van der Waals surface area (Å²) in [6, 6.07) is 9.88. The van der Waals surface area contributed by atoms with Crippen LogP contribution in [0.3, 0.4) is 0 Å². The van der Waals surface area contributed by atoms with Crippen LogP contribution in [0.4, 0.5) is 5.82 Å². The topological polar surface area (TPSA) is 67.6 Å². The van der Waals surface area contributed by atoms with E-state index in [1.165, 1.54) is 0 Å². The van der Waals surface area contributed by atoms with Crippen molar-refractivity contribution in [1.29, 1.82) is 0 Å². The Bertz CT molecular complexity index is 629. The molecule has 3 rings (SSSR count). The molecule has 0 aliphatic carbocycles. The van der Waals surface area contributed by atoms with Crippen LogP contribution in [0.2, 0.25) is 0 Å². The number of aromatic nitrogens is 3. The number of anilines is 1. The van der Waals surface area contributed by atoms with Gasteiger partial charge in [-0.25, -0.2) is 9.97 Å². The van der Waals surface area contributed by atoms with Crippen LogP contribution in [0.25, 0.3) is 22.3 Å². The SMILES string of the molecule is Nc1nc(-c2ncc[nH]2)cc2ccccc12. The van der Waals surface area contributed by atoms with E-state index in [4.69, 9.17) is 5.73 Å². The van der Waals surface area contributed by atoms with Gasteiger partial charge in [-0.1, -0.05) is 24.3 Å². The van der Waals surface area contributed by atoms with Gasteiger partial charge in [0, 0.05) is 17.8 Å². The molecule has 2 aromatic heterocycles. The van der Waals surface area contributed by atoms with Gasteiger partial charge in [0.1, 0.15) is 11.5 Å². The van der Waals surface area contributed by atoms with Crippen LogP contribution in [0.1, 0.15) is 0 Å². The molecule has 0 spiro atoms. The smallest absolute Gasteiger partial charge is 0.156 e. The molecule has 0 aliphatic heterocycles. The molecule has 16 heavy (non-hydrogen) atoms. The Balaban J connectivity index is 2.29. The first-order valence-electron chi connectivity index (χ1n) is 4.99. The van der Waals surface area contributed by atoms with Crippen LogP contribution in [-0.2, 0) is 0 Å². The third-order valence-corrected chi connectivity index (χ3v) is 2.51. The van der Waals surface area contributed by atoms with E-state index in [1.54, 1.807) is 12.4 Å². The average molecular weight is 210 g/mol. The number of rotatable bonds is 1. The predicted molar refractivity (Wildman–Crippen MR) is 63.7 cm³/mol. The molecule has 0 aliphatic rings. The molecule has 0 atom stereocenters. The number of nitrogens with one attached hydrogen (secondary N) is 1. The van der Waals surface area contributed by atoms with Crippen molar-refractivity contribution in [2.24, 2.45) is 0 Å². The van der Waals surface area contributed by atoms with Crippen LogP contribution in [-0.4, -0.2) is 15.0 Å². The summed E-state index contributed by atoms with van der Waals surface area (Å²) in [6.07, 6.45) is 3.46. The van der Waals surface area contributed by atoms with E-state index in [2.05, 4.69) is 15.0 Å². The number of benzene rings is 1. The Hall–Kier alpha value is -2.36. The highest BCUT2D eigenvalue weighted by Crippen LogP contribution is 2.23. The van der Waals surface area contributed by atoms with Crippen molar-refractivity contribution < 1.29 is 0 Å². The van der Waals surface area contributed by atoms with Gasteiger partial charge in [-0.15, -0.1) is 0 Å². The summed E-state index contributed by atoms with van der Waals surface area (Å²) in [5.41, 5.74) is 6.68. The second-order valence-corrected chi connectivity index (χ2v) is 3.55. The fourth-order valence-electron chi connectivity index (χ4n) is 1.75. The molecule has 78 valence electrons. The minimum absolute atomic E-state index is 0.532. The zero-order valence-corrected chi connectivity index (χ0v) is 8.51. The van der Waals surface area contributed by atoms with Crippen molar-refractivity contribution in [3.8, 4) is 11.5 Å². The third-order valence-electron chi connectivity index (χ3n) is 2.51. The van der Waals surface area contributed by atoms with Crippen molar-refractivity contribution >= 4 is 16.6 Å². The van der Waals surface area contributed by atoms with Gasteiger partial charge < -0.3 is 10.7 Å². The second-order valence-electron chi connectivity index (χ2n) is 3.55. The Morgan fingerprint density at radius 3 is 2.88 bits per heavy atom. The molecular weight excluding hydrogens is 200 g/mol. The monoisotopic (exact) mass is 210 g/mol. The summed E-state index contributed by atoms with van der Waals surface area (Å²) in [7, 11) is 0. The highest BCUT2D eigenvalue weighted by molar-refractivity contribution is 5.93. The minimum Gasteiger partial charge on any atom is -0.383 e. The van der Waals surface area contributed by atoms with Gasteiger partial charge >= 0.3 is 0 Å². The van der Waals surface area contributed by atoms with Crippen molar-refractivity contribution in [2.45, 2.75) is 0 Å². The molecule has 0 radical (unpaired) electrons. The van der Waals surface area contributed by atoms with Crippen molar-refractivity contribution in [2.75, 3.05) is 5.73 Å². The lowest BCUT2D eigenvalue weighted by atomic mass is 10.1. The van der Waals surface area contributed by atoms with E-state index >= 15 is 0 Å². The van der Waals surface area contributed by atoms with Crippen molar-refractivity contribution in [3.05, 3.63) is 42.7 Å². The molecule has 0 unspecified atom stereocenters. The number of hydrogen-bond donors (Lipinski definition) is 2. The maximum absolute atomic E-state index is 5.91. The molecule has 2 heterocycles. The maximum atomic E-state index is 5.91. The molecule has 1 aromatic carbocycles. The number of hydrogen-bond acceptors (Lipinski definition) is 3. The molecule has 0 amide bonds. The van der Waals surface area contributed by atoms with E-state index in [0.29, 0.717) is 5.82 Å². The van der Waals surface area contributed by atoms with Gasteiger partial charge in [0.25, 0.3) is 0 Å². The van der Waals surface area contributed by atoms with Crippen LogP contribution < -0.4 is 5.73 Å². The van der Waals surface area contributed by atoms with Gasteiger partial charge in [-0.3, -0.25) is 0 Å². The summed E-state index contributed by atoms with van der Waals surface area (Å²) in [5.74, 6) is 1.27. The molecule has 3 aromatic rings. The number of pyridine rings is 1. The molecule has 4 heteroatoms. The molecule has 3 N–H and O–H groups in total. The molecule has 4 nitrogen and oxygen atoms in total. The highest BCUT2D eigenvalue weighted by Gasteiger charge is 2.06. The normalized spacial score (nSPS) is 10.8. The van der Waals surface area contributed by atoms with Crippen LogP contribution in [0, 0.1) is 0 Å². The van der Waals surface area contributed by atoms with Gasteiger partial charge in [-0.2, -0.15) is 0 Å². The highest BCUT2D eigenvalue weighted by atomic mass is 14.9. The Morgan fingerprint density at radius 2 is 2.06 bits per heavy atom. The fraction of sp³-hybridized carbons (Fsp3) is 0. The summed E-state index contributed by atoms with van der Waals surface area (Å²) in [4.78, 5) is 11.5. The standard InChI is InChI=1S/C12H10N4/c13-11-9-4-2-1-3-8(9)7-10(16-11)12-14-5-6-15-12/h1-7H,(H2,13,16)(H,14,15). The largest absolute Gasteiger partial charge is 0.383 e. The summed E-state index contributed by atoms with van der Waals surface area (Å²) >= 11 is 0. The minimum atomic E-state index is 0.532. The second kappa shape index (κ2) is 3.34. The molecule has 0 saturated carbocycles. The van der Waals surface area contributed by atoms with Gasteiger partial charge in [0.05, 0.1) is 0 Å². The summed E-state index contributed by atoms with van der Waals surface area (Å²) in [5, 5.41) is 2.04. The number of nitrogens with two attached hydrogens (primary N) is 1. The fourth-order valence-corrected chi connectivity index (χ4v) is 1.75. The number of nitrogen functional groups attached to an aromatic ring is 1. The predicted octanol–water partition coefficient (Wildman–Crippen LogP) is 2.21. The number of aromatic amines is 1. The van der Waals surface area contributed by atoms with Gasteiger partial charge in [0.2, 0.25) is 0 Å². The molecule has 0 saturated heterocycles. The number of imidazole rings is 1. The molecule has 0 bridgehead atoms. The first kappa shape index (κ1) is 8.91. The van der Waals surface area contributed by atoms with E-state index in [1.807, 2.05) is 30.3 Å². The third kappa shape index (κ3) is 1.32. The quantitative estimate of drug-likeness (QED) is 0.647. The van der Waals surface area contributed by atoms with Crippen molar-refractivity contribution in [3.63, 3.8) is 0 Å². The number of H-pyrrole nitrogens is 1. The first-order valence-corrected chi connectivity index (χ1v) is 4.99. The van der Waals surface area contributed by atoms with Gasteiger partial charge in [0.15, 0.2) is 5.82 Å². The summed E-state index contributed by atoms with van der Waals surface area (Å²) in [6.45, 7) is 0. The summed E-state index contributed by atoms with van der Waals surface area (Å²) < 4.78 is 0. The lowest BCUT2D eigenvalue weighted by Gasteiger charge is -2.03. The Morgan fingerprint density at radius 1 is 1.19 bits per heavy atom. The van der Waals surface area contributed by atoms with E-state index in [-0.39, 0.29) is 0 Å². The lowest BCUT2D eigenvalue weighted by molar-refractivity contribution is 1.24. The van der Waals surface area contributed by atoms with Crippen LogP contribution in [0.5, 0.6) is 0 Å². The van der Waals surface area contributed by atoms with E-state index in [0.717, 1.165) is 22.3 Å². The zero-order chi connectivity index (χ0) is 11.0. The van der Waals surface area contributed by atoms with E-state index < -0.39 is 0 Å². The first-order chi connectivity index (χ1) is 7.84. The number of nitrogens with zero attached hydrogens (tertiary/aromatic N) is 2. The van der Waals surface area contributed by atoms with Crippen LogP contribution in [0.15, 0.2) is 42.7 Å².